The van der Waals surface area contributed by atoms with E-state index in [1.807, 2.05) is 17.0 Å². The summed E-state index contributed by atoms with van der Waals surface area (Å²) in [4.78, 5) is 25.9. The molecule has 5 nitrogen and oxygen atoms in total. The molecule has 0 spiro atoms. The Labute approximate surface area is 118 Å². The van der Waals surface area contributed by atoms with E-state index in [1.54, 1.807) is 6.07 Å². The van der Waals surface area contributed by atoms with Gasteiger partial charge in [0.2, 0.25) is 5.91 Å². The first-order valence-electron chi connectivity index (χ1n) is 7.13. The Balaban J connectivity index is 1.82. The number of hydrogen-bond donors (Lipinski definition) is 2. The average Bonchev–Trinajstić information content (AvgIpc) is 2.74. The molecule has 1 aromatic rings. The van der Waals surface area contributed by atoms with Gasteiger partial charge in [0.05, 0.1) is 12.5 Å². The fourth-order valence-electron chi connectivity index (χ4n) is 2.70. The maximum absolute atomic E-state index is 12.6. The Morgan fingerprint density at radius 3 is 2.85 bits per heavy atom. The van der Waals surface area contributed by atoms with Crippen LogP contribution in [0.3, 0.4) is 0 Å². The van der Waals surface area contributed by atoms with Gasteiger partial charge in [-0.05, 0) is 24.1 Å². The summed E-state index contributed by atoms with van der Waals surface area (Å²) >= 11 is 0. The van der Waals surface area contributed by atoms with Crippen molar-refractivity contribution in [1.29, 1.82) is 0 Å². The molecule has 2 N–H and O–H groups in total. The van der Waals surface area contributed by atoms with Gasteiger partial charge in [-0.3, -0.25) is 9.59 Å². The zero-order valence-corrected chi connectivity index (χ0v) is 11.6. The first-order valence-corrected chi connectivity index (χ1v) is 7.13. The van der Waals surface area contributed by atoms with E-state index in [0.717, 1.165) is 37.3 Å². The van der Waals surface area contributed by atoms with Crippen LogP contribution in [0.25, 0.3) is 0 Å². The fourth-order valence-corrected chi connectivity index (χ4v) is 2.70. The highest BCUT2D eigenvalue weighted by atomic mass is 16.2. The monoisotopic (exact) mass is 273 g/mol. The van der Waals surface area contributed by atoms with E-state index in [4.69, 9.17) is 0 Å². The van der Waals surface area contributed by atoms with Crippen LogP contribution in [0, 0.1) is 0 Å². The van der Waals surface area contributed by atoms with Crippen LogP contribution >= 0.6 is 0 Å². The first kappa shape index (κ1) is 13.1. The zero-order chi connectivity index (χ0) is 14.1. The van der Waals surface area contributed by atoms with Crippen LogP contribution in [0.15, 0.2) is 18.2 Å². The van der Waals surface area contributed by atoms with Gasteiger partial charge in [0.15, 0.2) is 0 Å². The number of anilines is 1. The van der Waals surface area contributed by atoms with Crippen molar-refractivity contribution >= 4 is 17.5 Å². The summed E-state index contributed by atoms with van der Waals surface area (Å²) in [6.45, 7) is 4.59. The molecule has 3 rings (SSSR count). The largest absolute Gasteiger partial charge is 0.333 e. The van der Waals surface area contributed by atoms with E-state index in [-0.39, 0.29) is 11.8 Å². The third-order valence-electron chi connectivity index (χ3n) is 3.91. The molecule has 2 amide bonds. The predicted octanol–water partition coefficient (Wildman–Crippen LogP) is 1.01. The van der Waals surface area contributed by atoms with Crippen molar-refractivity contribution in [3.05, 3.63) is 29.3 Å². The highest BCUT2D eigenvalue weighted by Gasteiger charge is 2.29. The molecule has 0 bridgehead atoms. The van der Waals surface area contributed by atoms with Crippen molar-refractivity contribution in [1.82, 2.24) is 10.2 Å². The van der Waals surface area contributed by atoms with Gasteiger partial charge in [0.1, 0.15) is 0 Å². The highest BCUT2D eigenvalue weighted by molar-refractivity contribution is 6.02. The number of amides is 2. The number of fused-ring (bicyclic) bond motifs is 1. The van der Waals surface area contributed by atoms with Gasteiger partial charge >= 0.3 is 0 Å². The summed E-state index contributed by atoms with van der Waals surface area (Å²) < 4.78 is 0. The lowest BCUT2D eigenvalue weighted by molar-refractivity contribution is -0.115. The molecule has 5 heteroatoms. The quantitative estimate of drug-likeness (QED) is 0.860. The lowest BCUT2D eigenvalue weighted by Gasteiger charge is -2.38. The average molecular weight is 273 g/mol. The lowest BCUT2D eigenvalue weighted by Crippen LogP contribution is -2.59. The van der Waals surface area contributed by atoms with Crippen molar-refractivity contribution in [2.24, 2.45) is 0 Å². The molecule has 1 aromatic carbocycles. The van der Waals surface area contributed by atoms with Crippen LogP contribution in [0.2, 0.25) is 0 Å². The van der Waals surface area contributed by atoms with Gasteiger partial charge in [0.25, 0.3) is 5.91 Å². The molecule has 1 saturated heterocycles. The number of benzene rings is 1. The third-order valence-corrected chi connectivity index (χ3v) is 3.91. The second kappa shape index (κ2) is 5.25. The molecule has 0 atom stereocenters. The van der Waals surface area contributed by atoms with E-state index in [9.17, 15) is 9.59 Å². The minimum atomic E-state index is -0.00166. The number of nitrogens with one attached hydrogen (secondary N) is 2. The SMILES string of the molecule is CCCN(C(=O)c1ccc2c(c1)NC(=O)C2)C1CNC1. The van der Waals surface area contributed by atoms with Gasteiger partial charge < -0.3 is 15.5 Å². The fraction of sp³-hybridized carbons (Fsp3) is 0.467. The molecular weight excluding hydrogens is 254 g/mol. The summed E-state index contributed by atoms with van der Waals surface area (Å²) in [7, 11) is 0. The molecule has 0 radical (unpaired) electrons. The van der Waals surface area contributed by atoms with Gasteiger partial charge in [-0.25, -0.2) is 0 Å². The summed E-state index contributed by atoms with van der Waals surface area (Å²) in [5, 5.41) is 6.00. The lowest BCUT2D eigenvalue weighted by atomic mass is 10.1. The molecule has 20 heavy (non-hydrogen) atoms. The Kier molecular flexibility index (Phi) is 3.44. The van der Waals surface area contributed by atoms with E-state index < -0.39 is 0 Å². The zero-order valence-electron chi connectivity index (χ0n) is 11.6. The number of carbonyl (C=O) groups excluding carboxylic acids is 2. The second-order valence-corrected chi connectivity index (χ2v) is 5.41. The molecule has 2 aliphatic heterocycles. The van der Waals surface area contributed by atoms with Crippen LogP contribution < -0.4 is 10.6 Å². The standard InChI is InChI=1S/C15H19N3O2/c1-2-5-18(12-8-16-9-12)15(20)11-4-3-10-7-14(19)17-13(10)6-11/h3-4,6,12,16H,2,5,7-9H2,1H3,(H,17,19). The van der Waals surface area contributed by atoms with Gasteiger partial charge in [-0.1, -0.05) is 13.0 Å². The van der Waals surface area contributed by atoms with Crippen molar-refractivity contribution in [2.45, 2.75) is 25.8 Å². The predicted molar refractivity (Wildman–Crippen MR) is 76.8 cm³/mol. The van der Waals surface area contributed by atoms with Gasteiger partial charge in [-0.15, -0.1) is 0 Å². The van der Waals surface area contributed by atoms with Crippen molar-refractivity contribution in [3.63, 3.8) is 0 Å². The van der Waals surface area contributed by atoms with Crippen LogP contribution in [0.4, 0.5) is 5.69 Å². The summed E-state index contributed by atoms with van der Waals surface area (Å²) in [6, 6.07) is 5.81. The van der Waals surface area contributed by atoms with Crippen molar-refractivity contribution in [3.8, 4) is 0 Å². The number of nitrogens with zero attached hydrogens (tertiary/aromatic N) is 1. The smallest absolute Gasteiger partial charge is 0.254 e. The normalized spacial score (nSPS) is 17.4. The summed E-state index contributed by atoms with van der Waals surface area (Å²) in [5.41, 5.74) is 2.41. The molecule has 106 valence electrons. The molecule has 2 heterocycles. The molecule has 0 unspecified atom stereocenters. The van der Waals surface area contributed by atoms with E-state index in [0.29, 0.717) is 18.0 Å². The molecule has 0 aliphatic carbocycles. The number of rotatable bonds is 4. The highest BCUT2D eigenvalue weighted by Crippen LogP contribution is 2.25. The molecule has 2 aliphatic rings. The summed E-state index contributed by atoms with van der Waals surface area (Å²) in [5.74, 6) is 0.0560. The second-order valence-electron chi connectivity index (χ2n) is 5.41. The van der Waals surface area contributed by atoms with E-state index in [2.05, 4.69) is 17.6 Å². The molecule has 0 aromatic heterocycles. The van der Waals surface area contributed by atoms with E-state index >= 15 is 0 Å². The van der Waals surface area contributed by atoms with Gasteiger partial charge in [-0.2, -0.15) is 0 Å². The number of carbonyl (C=O) groups is 2. The maximum atomic E-state index is 12.6. The third kappa shape index (κ3) is 2.29. The van der Waals surface area contributed by atoms with Crippen molar-refractivity contribution in [2.75, 3.05) is 25.0 Å². The Morgan fingerprint density at radius 1 is 1.40 bits per heavy atom. The van der Waals surface area contributed by atoms with E-state index in [1.165, 1.54) is 0 Å². The topological polar surface area (TPSA) is 61.4 Å². The van der Waals surface area contributed by atoms with Gasteiger partial charge in [0, 0.05) is 30.9 Å². The minimum absolute atomic E-state index is 0.00166. The molecular formula is C15H19N3O2. The Bertz CT molecular complexity index is 552. The first-order chi connectivity index (χ1) is 9.69. The summed E-state index contributed by atoms with van der Waals surface area (Å²) in [6.07, 6.45) is 1.36. The Morgan fingerprint density at radius 2 is 2.20 bits per heavy atom. The van der Waals surface area contributed by atoms with Crippen LogP contribution in [0.1, 0.15) is 29.3 Å². The maximum Gasteiger partial charge on any atom is 0.254 e. The Hall–Kier alpha value is -1.88. The molecule has 1 fully saturated rings. The molecule has 0 saturated carbocycles. The minimum Gasteiger partial charge on any atom is -0.333 e. The van der Waals surface area contributed by atoms with Crippen LogP contribution in [-0.2, 0) is 11.2 Å². The number of hydrogen-bond acceptors (Lipinski definition) is 3. The van der Waals surface area contributed by atoms with Crippen LogP contribution in [-0.4, -0.2) is 42.4 Å². The van der Waals surface area contributed by atoms with Crippen LogP contribution in [0.5, 0.6) is 0 Å². The van der Waals surface area contributed by atoms with Crippen molar-refractivity contribution < 1.29 is 9.59 Å².